The van der Waals surface area contributed by atoms with Crippen LogP contribution < -0.4 is 20.3 Å². The van der Waals surface area contributed by atoms with E-state index in [1.54, 1.807) is 6.07 Å². The Hall–Kier alpha value is -3.38. The predicted octanol–water partition coefficient (Wildman–Crippen LogP) is 3.88. The quantitative estimate of drug-likeness (QED) is 0.655. The molecule has 154 valence electrons. The molecule has 30 heavy (non-hydrogen) atoms. The van der Waals surface area contributed by atoms with E-state index in [-0.39, 0.29) is 11.9 Å². The number of piperazine rings is 1. The molecule has 1 amide bonds. The third-order valence-electron chi connectivity index (χ3n) is 5.09. The molecule has 0 aliphatic carbocycles. The Kier molecular flexibility index (Phi) is 6.25. The number of benzene rings is 2. The number of ether oxygens (including phenoxy) is 1. The van der Waals surface area contributed by atoms with E-state index in [4.69, 9.17) is 4.74 Å². The molecule has 2 heterocycles. The van der Waals surface area contributed by atoms with Crippen molar-refractivity contribution in [3.8, 4) is 5.75 Å². The molecule has 1 aliphatic rings. The second-order valence-corrected chi connectivity index (χ2v) is 7.16. The zero-order chi connectivity index (χ0) is 20.8. The van der Waals surface area contributed by atoms with Crippen LogP contribution in [0.2, 0.25) is 0 Å². The van der Waals surface area contributed by atoms with Crippen molar-refractivity contribution in [2.75, 3.05) is 36.5 Å². The maximum absolute atomic E-state index is 12.7. The van der Waals surface area contributed by atoms with Crippen LogP contribution >= 0.6 is 0 Å². The van der Waals surface area contributed by atoms with Gasteiger partial charge < -0.3 is 20.3 Å². The smallest absolute Gasteiger partial charge is 0.274 e. The average Bonchev–Trinajstić information content (AvgIpc) is 2.81. The standard InChI is InChI=1S/C24H26N4O2/c1-2-30-20-13-11-19(12-14-20)26-24(29)21-9-6-10-23(27-21)28-16-15-25-22(17-28)18-7-4-3-5-8-18/h3-14,22,25H,2,15-17H2,1H3,(H,26,29). The van der Waals surface area contributed by atoms with Gasteiger partial charge in [-0.25, -0.2) is 4.98 Å². The van der Waals surface area contributed by atoms with E-state index in [0.29, 0.717) is 18.0 Å². The highest BCUT2D eigenvalue weighted by Gasteiger charge is 2.22. The minimum absolute atomic E-state index is 0.226. The molecule has 1 saturated heterocycles. The third-order valence-corrected chi connectivity index (χ3v) is 5.09. The van der Waals surface area contributed by atoms with Crippen LogP contribution in [-0.2, 0) is 0 Å². The molecule has 1 aliphatic heterocycles. The Labute approximate surface area is 176 Å². The van der Waals surface area contributed by atoms with Crippen LogP contribution in [0.3, 0.4) is 0 Å². The topological polar surface area (TPSA) is 66.5 Å². The molecule has 6 nitrogen and oxygen atoms in total. The first-order valence-corrected chi connectivity index (χ1v) is 10.3. The van der Waals surface area contributed by atoms with E-state index < -0.39 is 0 Å². The van der Waals surface area contributed by atoms with Crippen molar-refractivity contribution in [1.82, 2.24) is 10.3 Å². The molecule has 3 aromatic rings. The van der Waals surface area contributed by atoms with Crippen molar-refractivity contribution < 1.29 is 9.53 Å². The lowest BCUT2D eigenvalue weighted by Gasteiger charge is -2.34. The molecule has 0 radical (unpaired) electrons. The first-order valence-electron chi connectivity index (χ1n) is 10.3. The van der Waals surface area contributed by atoms with Crippen LogP contribution in [0.1, 0.15) is 29.0 Å². The zero-order valence-corrected chi connectivity index (χ0v) is 17.0. The number of hydrogen-bond donors (Lipinski definition) is 2. The van der Waals surface area contributed by atoms with Crippen LogP contribution in [0.15, 0.2) is 72.8 Å². The van der Waals surface area contributed by atoms with E-state index in [9.17, 15) is 4.79 Å². The van der Waals surface area contributed by atoms with Gasteiger partial charge in [0.15, 0.2) is 0 Å². The van der Waals surface area contributed by atoms with Crippen molar-refractivity contribution in [3.05, 3.63) is 84.1 Å². The summed E-state index contributed by atoms with van der Waals surface area (Å²) in [6, 6.07) is 23.6. The molecular weight excluding hydrogens is 376 g/mol. The summed E-state index contributed by atoms with van der Waals surface area (Å²) >= 11 is 0. The number of carbonyl (C=O) groups excluding carboxylic acids is 1. The highest BCUT2D eigenvalue weighted by molar-refractivity contribution is 6.03. The van der Waals surface area contributed by atoms with E-state index in [0.717, 1.165) is 31.2 Å². The summed E-state index contributed by atoms with van der Waals surface area (Å²) in [6.07, 6.45) is 0. The summed E-state index contributed by atoms with van der Waals surface area (Å²) in [6.45, 7) is 5.07. The molecular formula is C24H26N4O2. The van der Waals surface area contributed by atoms with E-state index >= 15 is 0 Å². The van der Waals surface area contributed by atoms with E-state index in [1.165, 1.54) is 5.56 Å². The number of nitrogens with zero attached hydrogens (tertiary/aromatic N) is 2. The fourth-order valence-corrected chi connectivity index (χ4v) is 3.59. The summed E-state index contributed by atoms with van der Waals surface area (Å²) in [7, 11) is 0. The number of amides is 1. The summed E-state index contributed by atoms with van der Waals surface area (Å²) in [5.74, 6) is 1.37. The summed E-state index contributed by atoms with van der Waals surface area (Å²) in [5, 5.41) is 6.46. The Morgan fingerprint density at radius 1 is 1.10 bits per heavy atom. The molecule has 1 aromatic heterocycles. The van der Waals surface area contributed by atoms with Gasteiger partial charge >= 0.3 is 0 Å². The molecule has 0 spiro atoms. The van der Waals surface area contributed by atoms with Crippen LogP contribution in [0.5, 0.6) is 5.75 Å². The van der Waals surface area contributed by atoms with Gasteiger partial charge in [-0.2, -0.15) is 0 Å². The lowest BCUT2D eigenvalue weighted by atomic mass is 10.0. The van der Waals surface area contributed by atoms with E-state index in [2.05, 4.69) is 44.8 Å². The number of hydrogen-bond acceptors (Lipinski definition) is 5. The Morgan fingerprint density at radius 2 is 1.90 bits per heavy atom. The fourth-order valence-electron chi connectivity index (χ4n) is 3.59. The minimum atomic E-state index is -0.226. The molecule has 0 bridgehead atoms. The lowest BCUT2D eigenvalue weighted by molar-refractivity contribution is 0.102. The maximum atomic E-state index is 12.7. The number of rotatable bonds is 6. The van der Waals surface area contributed by atoms with Crippen LogP contribution in [0.25, 0.3) is 0 Å². The van der Waals surface area contributed by atoms with Crippen LogP contribution in [-0.4, -0.2) is 37.1 Å². The van der Waals surface area contributed by atoms with Gasteiger partial charge in [-0.15, -0.1) is 0 Å². The molecule has 4 rings (SSSR count). The van der Waals surface area contributed by atoms with Gasteiger partial charge in [0, 0.05) is 31.4 Å². The predicted molar refractivity (Wildman–Crippen MR) is 119 cm³/mol. The number of nitrogens with one attached hydrogen (secondary N) is 2. The number of anilines is 2. The SMILES string of the molecule is CCOc1ccc(NC(=O)c2cccc(N3CCNC(c4ccccc4)C3)n2)cc1. The zero-order valence-electron chi connectivity index (χ0n) is 17.0. The van der Waals surface area contributed by atoms with Gasteiger partial charge in [0.2, 0.25) is 0 Å². The van der Waals surface area contributed by atoms with Gasteiger partial charge in [0.25, 0.3) is 5.91 Å². The van der Waals surface area contributed by atoms with Gasteiger partial charge in [-0.1, -0.05) is 36.4 Å². The number of aromatic nitrogens is 1. The second-order valence-electron chi connectivity index (χ2n) is 7.16. The van der Waals surface area contributed by atoms with Crippen LogP contribution in [0, 0.1) is 0 Å². The number of pyridine rings is 1. The van der Waals surface area contributed by atoms with Crippen molar-refractivity contribution in [1.29, 1.82) is 0 Å². The third kappa shape index (κ3) is 4.78. The molecule has 1 unspecified atom stereocenters. The molecule has 6 heteroatoms. The molecule has 1 atom stereocenters. The van der Waals surface area contributed by atoms with Gasteiger partial charge in [-0.05, 0) is 48.9 Å². The van der Waals surface area contributed by atoms with Gasteiger partial charge in [-0.3, -0.25) is 4.79 Å². The number of carbonyl (C=O) groups is 1. The largest absolute Gasteiger partial charge is 0.494 e. The Balaban J connectivity index is 1.44. The van der Waals surface area contributed by atoms with Crippen molar-refractivity contribution in [2.24, 2.45) is 0 Å². The lowest BCUT2D eigenvalue weighted by Crippen LogP contribution is -2.46. The Bertz CT molecular complexity index is 976. The second kappa shape index (κ2) is 9.41. The van der Waals surface area contributed by atoms with Crippen molar-refractivity contribution in [3.63, 3.8) is 0 Å². The summed E-state index contributed by atoms with van der Waals surface area (Å²) < 4.78 is 5.44. The highest BCUT2D eigenvalue weighted by atomic mass is 16.5. The van der Waals surface area contributed by atoms with Crippen molar-refractivity contribution in [2.45, 2.75) is 13.0 Å². The molecule has 1 fully saturated rings. The van der Waals surface area contributed by atoms with E-state index in [1.807, 2.05) is 49.4 Å². The fraction of sp³-hybridized carbons (Fsp3) is 0.250. The summed E-state index contributed by atoms with van der Waals surface area (Å²) in [5.41, 5.74) is 2.37. The normalized spacial score (nSPS) is 16.2. The van der Waals surface area contributed by atoms with Crippen LogP contribution in [0.4, 0.5) is 11.5 Å². The molecule has 0 saturated carbocycles. The van der Waals surface area contributed by atoms with Gasteiger partial charge in [0.05, 0.1) is 6.61 Å². The minimum Gasteiger partial charge on any atom is -0.494 e. The first kappa shape index (κ1) is 19.9. The van der Waals surface area contributed by atoms with Gasteiger partial charge in [0.1, 0.15) is 17.3 Å². The monoisotopic (exact) mass is 402 g/mol. The average molecular weight is 402 g/mol. The Morgan fingerprint density at radius 3 is 2.67 bits per heavy atom. The summed E-state index contributed by atoms with van der Waals surface area (Å²) in [4.78, 5) is 19.6. The molecule has 2 aromatic carbocycles. The van der Waals surface area contributed by atoms with Crippen molar-refractivity contribution >= 4 is 17.4 Å². The molecule has 2 N–H and O–H groups in total. The first-order chi connectivity index (χ1) is 14.7. The maximum Gasteiger partial charge on any atom is 0.274 e. The highest BCUT2D eigenvalue weighted by Crippen LogP contribution is 2.22.